The molecule has 2 amide bonds. The topological polar surface area (TPSA) is 114 Å². The maximum Gasteiger partial charge on any atom is 0.343 e. The van der Waals surface area contributed by atoms with E-state index in [4.69, 9.17) is 9.47 Å². The summed E-state index contributed by atoms with van der Waals surface area (Å²) in [5, 5.41) is 15.1. The van der Waals surface area contributed by atoms with Crippen molar-refractivity contribution in [1.29, 1.82) is 0 Å². The number of hydrogen-bond acceptors (Lipinski definition) is 6. The van der Waals surface area contributed by atoms with Gasteiger partial charge in [0, 0.05) is 16.8 Å². The fraction of sp³-hybridized carbons (Fsp3) is 0.0571. The smallest absolute Gasteiger partial charge is 0.343 e. The molecule has 5 rings (SSSR count). The summed E-state index contributed by atoms with van der Waals surface area (Å²) in [4.78, 5) is 38.8. The predicted molar refractivity (Wildman–Crippen MR) is 165 cm³/mol. The second-order valence-corrected chi connectivity index (χ2v) is 9.73. The van der Waals surface area contributed by atoms with Gasteiger partial charge in [-0.25, -0.2) is 4.79 Å². The van der Waals surface area contributed by atoms with Crippen LogP contribution in [0.2, 0.25) is 0 Å². The minimum atomic E-state index is -0.580. The van der Waals surface area contributed by atoms with Crippen LogP contribution in [0, 0.1) is 6.92 Å². The van der Waals surface area contributed by atoms with Crippen LogP contribution in [0.5, 0.6) is 17.2 Å². The SMILES string of the molecule is COc1ccc(NC(=O)c2cccc(C(=O)Oc3ccc(C)cc3)c2)cc1NC(=O)c1ccc(-c2ccc(O)cc2)cc1. The Balaban J connectivity index is 1.27. The zero-order valence-electron chi connectivity index (χ0n) is 23.5. The molecule has 0 aromatic heterocycles. The van der Waals surface area contributed by atoms with Crippen LogP contribution < -0.4 is 20.1 Å². The van der Waals surface area contributed by atoms with E-state index in [0.717, 1.165) is 16.7 Å². The number of nitrogens with one attached hydrogen (secondary N) is 2. The van der Waals surface area contributed by atoms with Gasteiger partial charge in [0.05, 0.1) is 18.4 Å². The summed E-state index contributed by atoms with van der Waals surface area (Å²) in [6.45, 7) is 1.94. The first-order valence-electron chi connectivity index (χ1n) is 13.4. The number of ether oxygens (including phenoxy) is 2. The van der Waals surface area contributed by atoms with Crippen LogP contribution in [0.15, 0.2) is 115 Å². The molecule has 214 valence electrons. The molecule has 0 radical (unpaired) electrons. The molecule has 8 heteroatoms. The molecular weight excluding hydrogens is 544 g/mol. The van der Waals surface area contributed by atoms with Crippen LogP contribution in [0.1, 0.15) is 36.6 Å². The highest BCUT2D eigenvalue weighted by Crippen LogP contribution is 2.29. The first kappa shape index (κ1) is 28.6. The van der Waals surface area contributed by atoms with Gasteiger partial charge in [0.15, 0.2) is 0 Å². The number of rotatable bonds is 8. The monoisotopic (exact) mass is 572 g/mol. The highest BCUT2D eigenvalue weighted by molar-refractivity contribution is 6.08. The van der Waals surface area contributed by atoms with Crippen molar-refractivity contribution >= 4 is 29.2 Å². The van der Waals surface area contributed by atoms with Gasteiger partial charge in [0.2, 0.25) is 0 Å². The Morgan fingerprint density at radius 1 is 0.651 bits per heavy atom. The van der Waals surface area contributed by atoms with Crippen molar-refractivity contribution in [2.45, 2.75) is 6.92 Å². The van der Waals surface area contributed by atoms with Crippen LogP contribution in [0.4, 0.5) is 11.4 Å². The molecule has 0 saturated heterocycles. The van der Waals surface area contributed by atoms with Gasteiger partial charge in [-0.1, -0.05) is 48.0 Å². The fourth-order valence-electron chi connectivity index (χ4n) is 4.31. The van der Waals surface area contributed by atoms with Crippen LogP contribution in [0.25, 0.3) is 11.1 Å². The number of hydrogen-bond donors (Lipinski definition) is 3. The normalized spacial score (nSPS) is 10.5. The number of benzene rings is 5. The van der Waals surface area contributed by atoms with Crippen LogP contribution in [-0.2, 0) is 0 Å². The maximum absolute atomic E-state index is 13.1. The Morgan fingerprint density at radius 3 is 1.95 bits per heavy atom. The highest BCUT2D eigenvalue weighted by Gasteiger charge is 2.15. The number of phenolic OH excluding ortho intramolecular Hbond substituents is 1. The predicted octanol–water partition coefficient (Wildman–Crippen LogP) is 7.10. The van der Waals surface area contributed by atoms with Crippen molar-refractivity contribution < 1.29 is 29.0 Å². The number of carbonyl (C=O) groups is 3. The van der Waals surface area contributed by atoms with Gasteiger partial charge in [-0.05, 0) is 90.8 Å². The van der Waals surface area contributed by atoms with Crippen LogP contribution in [-0.4, -0.2) is 30.0 Å². The molecule has 5 aromatic rings. The van der Waals surface area contributed by atoms with Crippen molar-refractivity contribution in [2.75, 3.05) is 17.7 Å². The number of amides is 2. The van der Waals surface area contributed by atoms with Crippen LogP contribution in [0.3, 0.4) is 0 Å². The summed E-state index contributed by atoms with van der Waals surface area (Å²) in [6.07, 6.45) is 0. The summed E-state index contributed by atoms with van der Waals surface area (Å²) in [5.41, 5.74) is 4.53. The Hall–Kier alpha value is -5.89. The Labute approximate surface area is 248 Å². The number of anilines is 2. The lowest BCUT2D eigenvalue weighted by atomic mass is 10.0. The van der Waals surface area contributed by atoms with E-state index in [1.54, 1.807) is 84.9 Å². The second kappa shape index (κ2) is 12.7. The second-order valence-electron chi connectivity index (χ2n) is 9.73. The lowest BCUT2D eigenvalue weighted by Gasteiger charge is -2.13. The lowest BCUT2D eigenvalue weighted by molar-refractivity contribution is 0.0734. The largest absolute Gasteiger partial charge is 0.508 e. The highest BCUT2D eigenvalue weighted by atomic mass is 16.5. The van der Waals surface area contributed by atoms with E-state index in [2.05, 4.69) is 10.6 Å². The molecule has 0 fully saturated rings. The molecule has 0 unspecified atom stereocenters. The number of esters is 1. The molecule has 43 heavy (non-hydrogen) atoms. The average molecular weight is 573 g/mol. The molecule has 0 atom stereocenters. The quantitative estimate of drug-likeness (QED) is 0.135. The zero-order chi connectivity index (χ0) is 30.3. The number of aryl methyl sites for hydroxylation is 1. The molecule has 0 bridgehead atoms. The summed E-state index contributed by atoms with van der Waals surface area (Å²) in [6, 6.07) is 32.0. The number of carbonyl (C=O) groups excluding carboxylic acids is 3. The van der Waals surface area contributed by atoms with Gasteiger partial charge < -0.3 is 25.2 Å². The van der Waals surface area contributed by atoms with Gasteiger partial charge in [0.25, 0.3) is 11.8 Å². The molecule has 0 spiro atoms. The van der Waals surface area contributed by atoms with Crippen molar-refractivity contribution in [3.05, 3.63) is 138 Å². The van der Waals surface area contributed by atoms with Crippen LogP contribution >= 0.6 is 0 Å². The van der Waals surface area contributed by atoms with E-state index in [-0.39, 0.29) is 22.8 Å². The van der Waals surface area contributed by atoms with Gasteiger partial charge >= 0.3 is 5.97 Å². The fourth-order valence-corrected chi connectivity index (χ4v) is 4.31. The Morgan fingerprint density at radius 2 is 1.28 bits per heavy atom. The van der Waals surface area contributed by atoms with Gasteiger partial charge in [-0.2, -0.15) is 0 Å². The standard InChI is InChI=1S/C35H28N2O6/c1-22-6-17-30(18-7-22)43-35(41)27-5-3-4-26(20-27)34(40)36-28-14-19-32(42-2)31(21-28)37-33(39)25-10-8-23(9-11-25)24-12-15-29(38)16-13-24/h3-21,38H,1-2H3,(H,36,40)(H,37,39). The minimum absolute atomic E-state index is 0.180. The number of aromatic hydroxyl groups is 1. The number of methoxy groups -OCH3 is 1. The van der Waals surface area contributed by atoms with Gasteiger partial charge in [-0.15, -0.1) is 0 Å². The molecule has 0 saturated carbocycles. The van der Waals surface area contributed by atoms with Crippen molar-refractivity contribution in [1.82, 2.24) is 0 Å². The molecule has 0 aliphatic heterocycles. The first-order chi connectivity index (χ1) is 20.8. The summed E-state index contributed by atoms with van der Waals surface area (Å²) in [7, 11) is 1.48. The van der Waals surface area contributed by atoms with E-state index in [1.165, 1.54) is 13.2 Å². The molecule has 5 aromatic carbocycles. The molecule has 0 aliphatic rings. The maximum atomic E-state index is 13.1. The molecule has 3 N–H and O–H groups in total. The lowest BCUT2D eigenvalue weighted by Crippen LogP contribution is -2.15. The van der Waals surface area contributed by atoms with Gasteiger partial charge in [-0.3, -0.25) is 9.59 Å². The Kier molecular flexibility index (Phi) is 8.48. The van der Waals surface area contributed by atoms with Crippen molar-refractivity contribution in [3.8, 4) is 28.4 Å². The van der Waals surface area contributed by atoms with Gasteiger partial charge in [0.1, 0.15) is 17.2 Å². The Bertz CT molecular complexity index is 1780. The third-order valence-electron chi connectivity index (χ3n) is 6.65. The van der Waals surface area contributed by atoms with E-state index in [0.29, 0.717) is 28.4 Å². The van der Waals surface area contributed by atoms with Crippen molar-refractivity contribution in [3.63, 3.8) is 0 Å². The molecule has 0 heterocycles. The summed E-state index contributed by atoms with van der Waals surface area (Å²) in [5.74, 6) is -0.390. The first-order valence-corrected chi connectivity index (χ1v) is 13.4. The third kappa shape index (κ3) is 7.07. The number of phenols is 1. The van der Waals surface area contributed by atoms with E-state index in [9.17, 15) is 19.5 Å². The van der Waals surface area contributed by atoms with Crippen molar-refractivity contribution in [2.24, 2.45) is 0 Å². The molecule has 0 aliphatic carbocycles. The molecular formula is C35H28N2O6. The zero-order valence-corrected chi connectivity index (χ0v) is 23.5. The molecule has 8 nitrogen and oxygen atoms in total. The van der Waals surface area contributed by atoms with E-state index < -0.39 is 11.9 Å². The minimum Gasteiger partial charge on any atom is -0.508 e. The van der Waals surface area contributed by atoms with E-state index >= 15 is 0 Å². The summed E-state index contributed by atoms with van der Waals surface area (Å²) >= 11 is 0. The average Bonchev–Trinajstić information content (AvgIpc) is 3.03. The summed E-state index contributed by atoms with van der Waals surface area (Å²) < 4.78 is 10.8. The third-order valence-corrected chi connectivity index (χ3v) is 6.65. The van der Waals surface area contributed by atoms with E-state index in [1.807, 2.05) is 31.2 Å².